The molecule has 1 fully saturated rings. The maximum atomic E-state index is 13.4. The van der Waals surface area contributed by atoms with Crippen molar-refractivity contribution in [2.24, 2.45) is 5.41 Å². The lowest BCUT2D eigenvalue weighted by Gasteiger charge is -2.44. The topological polar surface area (TPSA) is 23.5 Å². The van der Waals surface area contributed by atoms with Gasteiger partial charge < -0.3 is 5.11 Å². The third kappa shape index (κ3) is 2.03. The van der Waals surface area contributed by atoms with Gasteiger partial charge in [0.15, 0.2) is 0 Å². The van der Waals surface area contributed by atoms with Gasteiger partial charge in [-0.2, -0.15) is 0 Å². The summed E-state index contributed by atoms with van der Waals surface area (Å²) in [7, 11) is 0. The molecule has 0 aliphatic carbocycles. The van der Waals surface area contributed by atoms with E-state index in [9.17, 15) is 13.2 Å². The Morgan fingerprint density at radius 1 is 1.43 bits per heavy atom. The highest BCUT2D eigenvalue weighted by molar-refractivity contribution is 4.95. The molecule has 1 atom stereocenters. The maximum absolute atomic E-state index is 13.4. The molecule has 2 nitrogen and oxygen atoms in total. The van der Waals surface area contributed by atoms with Crippen molar-refractivity contribution in [1.82, 2.24) is 4.90 Å². The average molecular weight is 211 g/mol. The second-order valence-corrected chi connectivity index (χ2v) is 4.14. The summed E-state index contributed by atoms with van der Waals surface area (Å²) in [6.45, 7) is 0.672. The Balaban J connectivity index is 2.68. The van der Waals surface area contributed by atoms with E-state index in [0.29, 0.717) is 0 Å². The van der Waals surface area contributed by atoms with Crippen molar-refractivity contribution in [1.29, 1.82) is 0 Å². The molecule has 0 aromatic rings. The van der Waals surface area contributed by atoms with Crippen molar-refractivity contribution in [3.05, 3.63) is 0 Å². The third-order valence-corrected chi connectivity index (χ3v) is 2.95. The summed E-state index contributed by atoms with van der Waals surface area (Å²) < 4.78 is 38.8. The van der Waals surface area contributed by atoms with Crippen molar-refractivity contribution >= 4 is 0 Å². The molecule has 0 aromatic heterocycles. The van der Waals surface area contributed by atoms with Crippen LogP contribution in [0.1, 0.15) is 13.3 Å². The number of nitrogens with zero attached hydrogens (tertiary/aromatic N) is 1. The Labute approximate surface area is 81.7 Å². The Bertz CT molecular complexity index is 200. The van der Waals surface area contributed by atoms with Gasteiger partial charge in [-0.3, -0.25) is 4.90 Å². The minimum Gasteiger partial charge on any atom is -0.396 e. The number of piperidine rings is 1. The zero-order valence-corrected chi connectivity index (χ0v) is 8.27. The fourth-order valence-electron chi connectivity index (χ4n) is 1.76. The minimum absolute atomic E-state index is 0.0560. The van der Waals surface area contributed by atoms with Gasteiger partial charge in [-0.1, -0.05) is 6.92 Å². The van der Waals surface area contributed by atoms with Crippen molar-refractivity contribution in [3.8, 4) is 0 Å². The van der Waals surface area contributed by atoms with E-state index in [2.05, 4.69) is 0 Å². The fraction of sp³-hybridized carbons (Fsp3) is 1.00. The molecule has 1 rings (SSSR count). The van der Waals surface area contributed by atoms with Crippen LogP contribution in [-0.2, 0) is 0 Å². The lowest BCUT2D eigenvalue weighted by molar-refractivity contribution is -0.175. The largest absolute Gasteiger partial charge is 0.396 e. The van der Waals surface area contributed by atoms with Crippen molar-refractivity contribution in [3.63, 3.8) is 0 Å². The molecular weight excluding hydrogens is 195 g/mol. The number of aliphatic hydroxyl groups excluding tert-OH is 1. The van der Waals surface area contributed by atoms with Crippen LogP contribution in [0.15, 0.2) is 0 Å². The van der Waals surface area contributed by atoms with Crippen LogP contribution in [-0.4, -0.2) is 48.8 Å². The van der Waals surface area contributed by atoms with Gasteiger partial charge in [-0.15, -0.1) is 0 Å². The highest BCUT2D eigenvalue weighted by Gasteiger charge is 2.52. The number of rotatable bonds is 3. The first kappa shape index (κ1) is 11.8. The van der Waals surface area contributed by atoms with Gasteiger partial charge in [0.05, 0.1) is 12.0 Å². The van der Waals surface area contributed by atoms with Crippen LogP contribution in [0.2, 0.25) is 0 Å². The number of halogens is 3. The molecule has 0 aromatic carbocycles. The summed E-state index contributed by atoms with van der Waals surface area (Å²) in [5.41, 5.74) is -1.43. The molecule has 0 saturated carbocycles. The lowest BCUT2D eigenvalue weighted by atomic mass is 9.79. The highest BCUT2D eigenvalue weighted by atomic mass is 19.3. The first-order valence-corrected chi connectivity index (χ1v) is 4.72. The monoisotopic (exact) mass is 211 g/mol. The van der Waals surface area contributed by atoms with Gasteiger partial charge in [-0.25, -0.2) is 13.2 Å². The molecule has 14 heavy (non-hydrogen) atoms. The fourth-order valence-corrected chi connectivity index (χ4v) is 1.76. The van der Waals surface area contributed by atoms with Crippen LogP contribution in [0, 0.1) is 5.41 Å². The standard InChI is InChI=1S/C9H16F3NO/c1-8(7-14)6-13(5-3-10)4-2-9(8,11)12/h14H,2-7H2,1H3/t8-/m0/s1. The maximum Gasteiger partial charge on any atom is 0.258 e. The Morgan fingerprint density at radius 3 is 2.57 bits per heavy atom. The van der Waals surface area contributed by atoms with Gasteiger partial charge >= 0.3 is 0 Å². The molecule has 5 heteroatoms. The number of likely N-dealkylation sites (tertiary alicyclic amines) is 1. The molecule has 0 spiro atoms. The summed E-state index contributed by atoms with van der Waals surface area (Å²) in [6.07, 6.45) is -0.302. The number of aliphatic hydroxyl groups is 1. The van der Waals surface area contributed by atoms with Crippen LogP contribution in [0.25, 0.3) is 0 Å². The molecule has 0 bridgehead atoms. The van der Waals surface area contributed by atoms with Gasteiger partial charge in [0.25, 0.3) is 5.92 Å². The van der Waals surface area contributed by atoms with E-state index in [4.69, 9.17) is 5.11 Å². The molecule has 1 saturated heterocycles. The van der Waals surface area contributed by atoms with Crippen LogP contribution in [0.4, 0.5) is 13.2 Å². The van der Waals surface area contributed by atoms with Gasteiger partial charge in [0.1, 0.15) is 6.67 Å². The van der Waals surface area contributed by atoms with Crippen molar-refractivity contribution < 1.29 is 18.3 Å². The second-order valence-electron chi connectivity index (χ2n) is 4.14. The molecule has 0 amide bonds. The molecule has 0 radical (unpaired) electrons. The third-order valence-electron chi connectivity index (χ3n) is 2.95. The van der Waals surface area contributed by atoms with Crippen LogP contribution < -0.4 is 0 Å². The summed E-state index contributed by atoms with van der Waals surface area (Å²) in [5.74, 6) is -2.85. The van der Waals surface area contributed by atoms with E-state index < -0.39 is 24.6 Å². The first-order chi connectivity index (χ1) is 6.45. The molecule has 0 unspecified atom stereocenters. The molecule has 1 aliphatic rings. The predicted molar refractivity (Wildman–Crippen MR) is 47.2 cm³/mol. The zero-order chi connectivity index (χ0) is 10.8. The smallest absolute Gasteiger partial charge is 0.258 e. The minimum atomic E-state index is -2.85. The van der Waals surface area contributed by atoms with Crippen LogP contribution >= 0.6 is 0 Å². The number of hydrogen-bond donors (Lipinski definition) is 1. The van der Waals surface area contributed by atoms with E-state index in [1.54, 1.807) is 4.90 Å². The van der Waals surface area contributed by atoms with Gasteiger partial charge in [-0.05, 0) is 0 Å². The average Bonchev–Trinajstić information content (AvgIpc) is 2.12. The molecule has 1 heterocycles. The van der Waals surface area contributed by atoms with E-state index >= 15 is 0 Å². The van der Waals surface area contributed by atoms with E-state index in [1.807, 2.05) is 0 Å². The summed E-state index contributed by atoms with van der Waals surface area (Å²) in [5, 5.41) is 8.97. The van der Waals surface area contributed by atoms with Crippen LogP contribution in [0.5, 0.6) is 0 Å². The summed E-state index contributed by atoms with van der Waals surface area (Å²) >= 11 is 0. The lowest BCUT2D eigenvalue weighted by Crippen LogP contribution is -2.56. The molecule has 84 valence electrons. The number of hydrogen-bond acceptors (Lipinski definition) is 2. The van der Waals surface area contributed by atoms with E-state index in [1.165, 1.54) is 6.92 Å². The predicted octanol–water partition coefficient (Wildman–Crippen LogP) is 1.30. The number of alkyl halides is 3. The SMILES string of the molecule is C[C@@]1(CO)CN(CCF)CCC1(F)F. The molecule has 1 aliphatic heterocycles. The Hall–Kier alpha value is -0.290. The van der Waals surface area contributed by atoms with E-state index in [-0.39, 0.29) is 26.1 Å². The zero-order valence-electron chi connectivity index (χ0n) is 8.27. The Morgan fingerprint density at radius 2 is 2.07 bits per heavy atom. The summed E-state index contributed by atoms with van der Waals surface area (Å²) in [6, 6.07) is 0. The van der Waals surface area contributed by atoms with Crippen molar-refractivity contribution in [2.45, 2.75) is 19.3 Å². The molecule has 1 N–H and O–H groups in total. The second kappa shape index (κ2) is 4.06. The first-order valence-electron chi connectivity index (χ1n) is 4.72. The highest BCUT2D eigenvalue weighted by Crippen LogP contribution is 2.42. The van der Waals surface area contributed by atoms with Gasteiger partial charge in [0.2, 0.25) is 0 Å². The summed E-state index contributed by atoms with van der Waals surface area (Å²) in [4.78, 5) is 1.63. The quantitative estimate of drug-likeness (QED) is 0.760. The normalized spacial score (nSPS) is 33.2. The molecular formula is C9H16F3NO. The van der Waals surface area contributed by atoms with Crippen LogP contribution in [0.3, 0.4) is 0 Å². The Kier molecular flexibility index (Phi) is 3.42. The van der Waals surface area contributed by atoms with Gasteiger partial charge in [0, 0.05) is 26.1 Å². The van der Waals surface area contributed by atoms with E-state index in [0.717, 1.165) is 0 Å². The van der Waals surface area contributed by atoms with Crippen molar-refractivity contribution in [2.75, 3.05) is 32.9 Å².